The van der Waals surface area contributed by atoms with Crippen molar-refractivity contribution in [3.63, 3.8) is 0 Å². The monoisotopic (exact) mass is 573 g/mol. The Bertz CT molecular complexity index is 1250. The molecule has 4 bridgehead atoms. The van der Waals surface area contributed by atoms with Crippen LogP contribution in [-0.4, -0.2) is 75.7 Å². The van der Waals surface area contributed by atoms with Gasteiger partial charge in [0.2, 0.25) is 11.8 Å². The molecule has 5 N–H and O–H groups in total. The summed E-state index contributed by atoms with van der Waals surface area (Å²) in [7, 11) is 1.47. The minimum Gasteiger partial charge on any atom is -0.507 e. The average Bonchev–Trinajstić information content (AvgIpc) is 2.88. The third-order valence-electron chi connectivity index (χ3n) is 6.60. The Labute approximate surface area is 235 Å². The van der Waals surface area contributed by atoms with Gasteiger partial charge in [-0.2, -0.15) is 0 Å². The van der Waals surface area contributed by atoms with E-state index in [1.54, 1.807) is 25.2 Å². The minimum atomic E-state index is -1.31. The van der Waals surface area contributed by atoms with Gasteiger partial charge in [0.05, 0.1) is 7.11 Å². The molecule has 1 aliphatic heterocycles. The van der Waals surface area contributed by atoms with E-state index in [-0.39, 0.29) is 30.5 Å². The summed E-state index contributed by atoms with van der Waals surface area (Å²) in [5.41, 5.74) is 1.59. The Hall–Kier alpha value is -3.61. The van der Waals surface area contributed by atoms with Crippen LogP contribution in [0.1, 0.15) is 24.1 Å². The molecule has 0 fully saturated rings. The largest absolute Gasteiger partial charge is 0.507 e. The molecule has 218 valence electrons. The smallest absolute Gasteiger partial charge is 0.328 e. The van der Waals surface area contributed by atoms with Gasteiger partial charge in [-0.1, -0.05) is 25.7 Å². The Kier molecular flexibility index (Phi) is 10.2. The second kappa shape index (κ2) is 13.2. The zero-order valence-electron chi connectivity index (χ0n) is 23.8. The molecule has 0 saturated heterocycles. The number of likely N-dealkylation sites (N-methyl/N-ethyl adjacent to an activating group) is 1. The van der Waals surface area contributed by atoms with Crippen molar-refractivity contribution in [3.8, 4) is 28.4 Å². The number of esters is 1. The number of phenolic OH excluding ortho intramolecular Hbond substituents is 2. The normalized spacial score (nSPS) is 19.7. The Morgan fingerprint density at radius 2 is 1.77 bits per heavy atom. The number of hydrogen-bond acceptors (Lipinski definition) is 9. The van der Waals surface area contributed by atoms with E-state index in [9.17, 15) is 24.6 Å². The van der Waals surface area contributed by atoms with Crippen LogP contribution in [0, 0.1) is 0 Å². The van der Waals surface area contributed by atoms with E-state index in [0.717, 1.165) is 6.04 Å². The molecule has 11 nitrogen and oxygen atoms in total. The highest BCUT2D eigenvalue weighted by Crippen LogP contribution is 2.43. The van der Waals surface area contributed by atoms with E-state index in [0.29, 0.717) is 28.9 Å². The van der Waals surface area contributed by atoms with Gasteiger partial charge in [0.1, 0.15) is 23.9 Å². The van der Waals surface area contributed by atoms with Gasteiger partial charge in [-0.05, 0) is 55.4 Å². The summed E-state index contributed by atoms with van der Waals surface area (Å²) in [6.45, 7) is 8.58. The molecule has 2 aromatic carbocycles. The third-order valence-corrected chi connectivity index (χ3v) is 8.31. The van der Waals surface area contributed by atoms with Crippen molar-refractivity contribution in [1.82, 2.24) is 16.0 Å². The van der Waals surface area contributed by atoms with Gasteiger partial charge in [-0.3, -0.25) is 9.59 Å². The number of aromatic hydroxyl groups is 2. The molecular formula is C28H39N3O8Si. The highest BCUT2D eigenvalue weighted by molar-refractivity contribution is 6.76. The molecule has 0 saturated carbocycles. The van der Waals surface area contributed by atoms with Crippen molar-refractivity contribution in [1.29, 1.82) is 0 Å². The van der Waals surface area contributed by atoms with E-state index in [2.05, 4.69) is 35.6 Å². The maximum Gasteiger partial charge on any atom is 0.328 e. The van der Waals surface area contributed by atoms with Crippen molar-refractivity contribution < 1.29 is 38.8 Å². The molecule has 2 aromatic rings. The van der Waals surface area contributed by atoms with Crippen LogP contribution in [0.15, 0.2) is 30.3 Å². The SMILES string of the molecule is CN[C@@H]1C(=O)N[C@@H](C)C(=O)N[C@H](C(=O)OC)Cc2ccc(O)c(c2)-c2cc1cc(O)c2OCOCC[Si](C)(C)C. The zero-order chi connectivity index (χ0) is 29.6. The summed E-state index contributed by atoms with van der Waals surface area (Å²) in [6.07, 6.45) is 0.0488. The molecule has 2 amide bonds. The first kappa shape index (κ1) is 30.9. The number of fused-ring (bicyclic) bond motifs is 5. The lowest BCUT2D eigenvalue weighted by atomic mass is 9.94. The molecular weight excluding hydrogens is 534 g/mol. The van der Waals surface area contributed by atoms with Crippen molar-refractivity contribution in [2.24, 2.45) is 0 Å². The summed E-state index contributed by atoms with van der Waals surface area (Å²) >= 11 is 0. The fourth-order valence-corrected chi connectivity index (χ4v) is 5.05. The predicted molar refractivity (Wildman–Crippen MR) is 152 cm³/mol. The van der Waals surface area contributed by atoms with E-state index < -0.39 is 44.0 Å². The van der Waals surface area contributed by atoms with Crippen LogP contribution in [0.4, 0.5) is 0 Å². The van der Waals surface area contributed by atoms with Crippen molar-refractivity contribution in [3.05, 3.63) is 41.5 Å². The van der Waals surface area contributed by atoms with E-state index >= 15 is 0 Å². The number of ether oxygens (including phenoxy) is 3. The van der Waals surface area contributed by atoms with Gasteiger partial charge in [0, 0.05) is 32.2 Å². The molecule has 1 aliphatic rings. The predicted octanol–water partition coefficient (Wildman–Crippen LogP) is 2.44. The van der Waals surface area contributed by atoms with Crippen molar-refractivity contribution in [2.75, 3.05) is 27.6 Å². The number of rotatable bonds is 8. The van der Waals surface area contributed by atoms with Crippen LogP contribution >= 0.6 is 0 Å². The van der Waals surface area contributed by atoms with Gasteiger partial charge in [-0.15, -0.1) is 0 Å². The first-order valence-corrected chi connectivity index (χ1v) is 16.8. The molecule has 12 heteroatoms. The van der Waals surface area contributed by atoms with Crippen LogP contribution in [0.2, 0.25) is 25.7 Å². The van der Waals surface area contributed by atoms with Crippen molar-refractivity contribution >= 4 is 25.9 Å². The second-order valence-corrected chi connectivity index (χ2v) is 16.6. The molecule has 1 heterocycles. The standard InChI is InChI=1S/C28H39N3O8Si/c1-16-26(34)31-21(28(36)37-3)12-17-7-8-22(32)19(11-17)20-13-18(24(29-2)27(35)30-16)14-23(33)25(20)39-15-38-9-10-40(4,5)6/h7-8,11,13-14,16,21,24,29,32-33H,9-10,12,15H2,1-6H3,(H,30,35)(H,31,34)/t16-,21-,24-/m0/s1. The molecule has 0 aliphatic carbocycles. The lowest BCUT2D eigenvalue weighted by Gasteiger charge is -2.25. The van der Waals surface area contributed by atoms with Gasteiger partial charge in [0.15, 0.2) is 18.3 Å². The quantitative estimate of drug-likeness (QED) is 0.139. The number of hydrogen-bond donors (Lipinski definition) is 5. The highest BCUT2D eigenvalue weighted by atomic mass is 28.3. The Balaban J connectivity index is 2.12. The van der Waals surface area contributed by atoms with Crippen molar-refractivity contribution in [2.45, 2.75) is 57.2 Å². The summed E-state index contributed by atoms with van der Waals surface area (Å²) in [5, 5.41) is 30.1. The molecule has 3 rings (SSSR count). The number of nitrogens with one attached hydrogen (secondary N) is 3. The second-order valence-electron chi connectivity index (χ2n) is 11.0. The minimum absolute atomic E-state index is 0.0488. The third kappa shape index (κ3) is 7.74. The number of benzene rings is 2. The number of carbonyl (C=O) groups excluding carboxylic acids is 3. The van der Waals surface area contributed by atoms with E-state index in [1.807, 2.05) is 0 Å². The average molecular weight is 574 g/mol. The van der Waals surface area contributed by atoms with Gasteiger partial charge < -0.3 is 40.4 Å². The Morgan fingerprint density at radius 1 is 1.05 bits per heavy atom. The summed E-state index contributed by atoms with van der Waals surface area (Å²) in [6, 6.07) is 5.69. The van der Waals surface area contributed by atoms with Crippen LogP contribution in [-0.2, 0) is 30.3 Å². The molecule has 40 heavy (non-hydrogen) atoms. The Morgan fingerprint density at radius 3 is 2.42 bits per heavy atom. The van der Waals surface area contributed by atoms with Gasteiger partial charge in [-0.25, -0.2) is 4.79 Å². The molecule has 3 atom stereocenters. The lowest BCUT2D eigenvalue weighted by Crippen LogP contribution is -2.52. The van der Waals surface area contributed by atoms with Gasteiger partial charge in [0.25, 0.3) is 0 Å². The molecule has 0 aromatic heterocycles. The molecule has 0 radical (unpaired) electrons. The first-order valence-electron chi connectivity index (χ1n) is 13.1. The zero-order valence-corrected chi connectivity index (χ0v) is 24.8. The van der Waals surface area contributed by atoms with Crippen LogP contribution in [0.25, 0.3) is 11.1 Å². The fraction of sp³-hybridized carbons (Fsp3) is 0.464. The number of methoxy groups -OCH3 is 1. The van der Waals surface area contributed by atoms with Crippen LogP contribution in [0.3, 0.4) is 0 Å². The number of amides is 2. The topological polar surface area (TPSA) is 155 Å². The summed E-state index contributed by atoms with van der Waals surface area (Å²) < 4.78 is 16.4. The summed E-state index contributed by atoms with van der Waals surface area (Å²) in [4.78, 5) is 38.6. The number of carbonyl (C=O) groups is 3. The lowest BCUT2D eigenvalue weighted by molar-refractivity contribution is -0.145. The maximum atomic E-state index is 13.2. The summed E-state index contributed by atoms with van der Waals surface area (Å²) in [5.74, 6) is -2.09. The molecule has 0 unspecified atom stereocenters. The maximum absolute atomic E-state index is 13.2. The number of phenols is 2. The van der Waals surface area contributed by atoms with Crippen LogP contribution in [0.5, 0.6) is 17.2 Å². The van der Waals surface area contributed by atoms with E-state index in [1.165, 1.54) is 26.2 Å². The van der Waals surface area contributed by atoms with Gasteiger partial charge >= 0.3 is 5.97 Å². The molecule has 0 spiro atoms. The van der Waals surface area contributed by atoms with E-state index in [4.69, 9.17) is 14.2 Å². The fourth-order valence-electron chi connectivity index (χ4n) is 4.30. The van der Waals surface area contributed by atoms with Crippen LogP contribution < -0.4 is 20.7 Å². The highest BCUT2D eigenvalue weighted by Gasteiger charge is 2.30. The first-order chi connectivity index (χ1) is 18.8.